The number of hydrogen-bond donors (Lipinski definition) is 0. The number of pyridine rings is 1. The summed E-state index contributed by atoms with van der Waals surface area (Å²) in [5, 5.41) is 1.48. The Labute approximate surface area is 142 Å². The Morgan fingerprint density at radius 3 is 2.83 bits per heavy atom. The standard InChI is InChI=1S/C21H23N3/c1-13-8-16-10-20(15-5-4-14(2)22-11-15)24-19-6-7-23(3)12-18(19)17(9-13)21(16)24/h4-5,8-9,11,20H,6-7,10,12H2,1-3H3. The Bertz CT molecular complexity index is 950. The van der Waals surface area contributed by atoms with E-state index in [1.54, 1.807) is 11.3 Å². The predicted octanol–water partition coefficient (Wildman–Crippen LogP) is 3.79. The third-order valence-electron chi connectivity index (χ3n) is 5.74. The minimum Gasteiger partial charge on any atom is -0.336 e. The van der Waals surface area contributed by atoms with Gasteiger partial charge in [0, 0.05) is 42.5 Å². The van der Waals surface area contributed by atoms with Crippen LogP contribution < -0.4 is 0 Å². The van der Waals surface area contributed by atoms with Gasteiger partial charge in [-0.1, -0.05) is 17.7 Å². The van der Waals surface area contributed by atoms with E-state index >= 15 is 0 Å². The van der Waals surface area contributed by atoms with E-state index in [2.05, 4.69) is 65.8 Å². The second kappa shape index (κ2) is 4.93. The molecule has 0 aliphatic carbocycles. The molecule has 0 fully saturated rings. The van der Waals surface area contributed by atoms with Gasteiger partial charge in [0.25, 0.3) is 0 Å². The summed E-state index contributed by atoms with van der Waals surface area (Å²) < 4.78 is 2.64. The zero-order valence-corrected chi connectivity index (χ0v) is 14.6. The van der Waals surface area contributed by atoms with Gasteiger partial charge in [0.1, 0.15) is 0 Å². The molecule has 0 saturated carbocycles. The van der Waals surface area contributed by atoms with Gasteiger partial charge in [0.15, 0.2) is 0 Å². The summed E-state index contributed by atoms with van der Waals surface area (Å²) in [5.41, 5.74) is 9.90. The molecule has 0 spiro atoms. The number of aryl methyl sites for hydroxylation is 2. The molecule has 5 rings (SSSR count). The lowest BCUT2D eigenvalue weighted by atomic mass is 9.96. The van der Waals surface area contributed by atoms with E-state index < -0.39 is 0 Å². The molecule has 0 bridgehead atoms. The minimum atomic E-state index is 0.407. The maximum absolute atomic E-state index is 4.55. The maximum Gasteiger partial charge on any atom is 0.0645 e. The summed E-state index contributed by atoms with van der Waals surface area (Å²) in [6.07, 6.45) is 4.32. The minimum absolute atomic E-state index is 0.407. The van der Waals surface area contributed by atoms with Gasteiger partial charge in [0.2, 0.25) is 0 Å². The van der Waals surface area contributed by atoms with Gasteiger partial charge in [-0.3, -0.25) is 4.98 Å². The second-order valence-electron chi connectivity index (χ2n) is 7.56. The maximum atomic E-state index is 4.55. The molecule has 0 N–H and O–H groups in total. The van der Waals surface area contributed by atoms with Gasteiger partial charge in [-0.15, -0.1) is 0 Å². The van der Waals surface area contributed by atoms with Crippen molar-refractivity contribution in [2.75, 3.05) is 13.6 Å². The van der Waals surface area contributed by atoms with Crippen LogP contribution >= 0.6 is 0 Å². The second-order valence-corrected chi connectivity index (χ2v) is 7.56. The van der Waals surface area contributed by atoms with Crippen LogP contribution in [0.3, 0.4) is 0 Å². The highest BCUT2D eigenvalue weighted by Gasteiger charge is 2.33. The molecule has 24 heavy (non-hydrogen) atoms. The number of aromatic nitrogens is 2. The van der Waals surface area contributed by atoms with Gasteiger partial charge in [0.05, 0.1) is 11.6 Å². The van der Waals surface area contributed by atoms with Crippen molar-refractivity contribution in [1.29, 1.82) is 0 Å². The SMILES string of the molecule is Cc1cc2c3c(c1)c1c(n3C(c3ccc(C)nc3)C2)CCN(C)C1. The molecule has 3 aromatic rings. The summed E-state index contributed by atoms with van der Waals surface area (Å²) in [7, 11) is 2.23. The fourth-order valence-electron chi connectivity index (χ4n) is 4.64. The predicted molar refractivity (Wildman–Crippen MR) is 97.5 cm³/mol. The first-order chi connectivity index (χ1) is 11.6. The molecule has 0 saturated heterocycles. The highest BCUT2D eigenvalue weighted by molar-refractivity contribution is 5.91. The monoisotopic (exact) mass is 317 g/mol. The Morgan fingerprint density at radius 1 is 1.17 bits per heavy atom. The van der Waals surface area contributed by atoms with E-state index in [0.717, 1.165) is 31.6 Å². The zero-order valence-electron chi connectivity index (χ0n) is 14.6. The molecule has 1 atom stereocenters. The van der Waals surface area contributed by atoms with Crippen LogP contribution in [-0.2, 0) is 19.4 Å². The molecule has 4 heterocycles. The van der Waals surface area contributed by atoms with Gasteiger partial charge in [-0.2, -0.15) is 0 Å². The molecule has 122 valence electrons. The fraction of sp³-hybridized carbons (Fsp3) is 0.381. The first-order valence-corrected chi connectivity index (χ1v) is 8.88. The molecule has 2 aromatic heterocycles. The van der Waals surface area contributed by atoms with Crippen LogP contribution in [-0.4, -0.2) is 28.0 Å². The first-order valence-electron chi connectivity index (χ1n) is 8.88. The van der Waals surface area contributed by atoms with Crippen molar-refractivity contribution in [2.45, 2.75) is 39.3 Å². The average Bonchev–Trinajstić information content (AvgIpc) is 3.08. The normalized spacial score (nSPS) is 19.9. The van der Waals surface area contributed by atoms with Crippen molar-refractivity contribution in [2.24, 2.45) is 0 Å². The summed E-state index contributed by atoms with van der Waals surface area (Å²) in [5.74, 6) is 0. The zero-order chi connectivity index (χ0) is 16.4. The Balaban J connectivity index is 1.77. The van der Waals surface area contributed by atoms with Gasteiger partial charge < -0.3 is 9.47 Å². The molecule has 2 aliphatic rings. The number of nitrogens with zero attached hydrogens (tertiary/aromatic N) is 3. The van der Waals surface area contributed by atoms with Crippen LogP contribution in [0.1, 0.15) is 39.7 Å². The van der Waals surface area contributed by atoms with Crippen LogP contribution in [0.15, 0.2) is 30.5 Å². The van der Waals surface area contributed by atoms with E-state index in [9.17, 15) is 0 Å². The lowest BCUT2D eigenvalue weighted by Crippen LogP contribution is -2.28. The summed E-state index contributed by atoms with van der Waals surface area (Å²) >= 11 is 0. The molecule has 3 heteroatoms. The largest absolute Gasteiger partial charge is 0.336 e. The smallest absolute Gasteiger partial charge is 0.0645 e. The average molecular weight is 317 g/mol. The fourth-order valence-corrected chi connectivity index (χ4v) is 4.64. The van der Waals surface area contributed by atoms with E-state index in [0.29, 0.717) is 6.04 Å². The van der Waals surface area contributed by atoms with Crippen LogP contribution in [0.5, 0.6) is 0 Å². The van der Waals surface area contributed by atoms with E-state index in [4.69, 9.17) is 0 Å². The van der Waals surface area contributed by atoms with Crippen molar-refractivity contribution in [1.82, 2.24) is 14.5 Å². The van der Waals surface area contributed by atoms with Crippen LogP contribution in [0.25, 0.3) is 10.9 Å². The molecule has 1 aromatic carbocycles. The number of likely N-dealkylation sites (N-methyl/N-ethyl adjacent to an activating group) is 1. The third-order valence-corrected chi connectivity index (χ3v) is 5.74. The summed E-state index contributed by atoms with van der Waals surface area (Å²) in [6, 6.07) is 9.59. The van der Waals surface area contributed by atoms with Crippen molar-refractivity contribution in [3.63, 3.8) is 0 Å². The van der Waals surface area contributed by atoms with Gasteiger partial charge >= 0.3 is 0 Å². The quantitative estimate of drug-likeness (QED) is 0.681. The van der Waals surface area contributed by atoms with E-state index in [-0.39, 0.29) is 0 Å². The molecular formula is C21H23N3. The van der Waals surface area contributed by atoms with Gasteiger partial charge in [-0.05, 0) is 56.1 Å². The van der Waals surface area contributed by atoms with Crippen LogP contribution in [0.2, 0.25) is 0 Å². The highest BCUT2D eigenvalue weighted by atomic mass is 15.1. The number of fused-ring (bicyclic) bond motifs is 3. The first kappa shape index (κ1) is 14.2. The summed E-state index contributed by atoms with van der Waals surface area (Å²) in [4.78, 5) is 7.00. The molecule has 3 nitrogen and oxygen atoms in total. The number of rotatable bonds is 1. The van der Waals surface area contributed by atoms with Crippen LogP contribution in [0, 0.1) is 13.8 Å². The molecular weight excluding hydrogens is 294 g/mol. The molecule has 0 amide bonds. The van der Waals surface area contributed by atoms with Crippen molar-refractivity contribution in [3.8, 4) is 0 Å². The van der Waals surface area contributed by atoms with Crippen molar-refractivity contribution < 1.29 is 0 Å². The summed E-state index contributed by atoms with van der Waals surface area (Å²) in [6.45, 7) is 6.51. The van der Waals surface area contributed by atoms with E-state index in [1.807, 2.05) is 0 Å². The van der Waals surface area contributed by atoms with E-state index in [1.165, 1.54) is 27.6 Å². The number of hydrogen-bond acceptors (Lipinski definition) is 2. The molecule has 1 unspecified atom stereocenters. The highest BCUT2D eigenvalue weighted by Crippen LogP contribution is 2.43. The topological polar surface area (TPSA) is 21.1 Å². The molecule has 0 radical (unpaired) electrons. The Kier molecular flexibility index (Phi) is 2.93. The van der Waals surface area contributed by atoms with Gasteiger partial charge in [-0.25, -0.2) is 0 Å². The van der Waals surface area contributed by atoms with Crippen LogP contribution in [0.4, 0.5) is 0 Å². The number of benzene rings is 1. The third kappa shape index (κ3) is 1.91. The Morgan fingerprint density at radius 2 is 2.04 bits per heavy atom. The lowest BCUT2D eigenvalue weighted by molar-refractivity contribution is 0.308. The Hall–Kier alpha value is -2.13. The lowest BCUT2D eigenvalue weighted by Gasteiger charge is -2.26. The van der Waals surface area contributed by atoms with Crippen molar-refractivity contribution in [3.05, 3.63) is 64.1 Å². The van der Waals surface area contributed by atoms with Crippen molar-refractivity contribution >= 4 is 10.9 Å². The molecule has 2 aliphatic heterocycles.